The second-order valence-electron chi connectivity index (χ2n) is 3.67. The molecular formula is C12H21ClN2O. The van der Waals surface area contributed by atoms with E-state index in [0.29, 0.717) is 0 Å². The minimum Gasteiger partial charge on any atom is -0.497 e. The van der Waals surface area contributed by atoms with E-state index in [1.807, 2.05) is 24.3 Å². The standard InChI is InChI=1S/C12H20N2O.ClH/c1-15-11-6-4-5-10(9-11)12(14)7-2-3-8-13;/h4-6,9,12H,2-3,7-8,13-14H2,1H3;1H/t12-;/m0./s1. The van der Waals surface area contributed by atoms with Crippen LogP contribution in [0.15, 0.2) is 24.3 Å². The summed E-state index contributed by atoms with van der Waals surface area (Å²) in [5.41, 5.74) is 12.6. The van der Waals surface area contributed by atoms with Gasteiger partial charge in [0.2, 0.25) is 0 Å². The fraction of sp³-hybridized carbons (Fsp3) is 0.500. The van der Waals surface area contributed by atoms with E-state index >= 15 is 0 Å². The van der Waals surface area contributed by atoms with Gasteiger partial charge in [-0.3, -0.25) is 0 Å². The number of rotatable bonds is 6. The SMILES string of the molecule is COc1cccc([C@@H](N)CCCCN)c1.Cl. The third-order valence-corrected chi connectivity index (χ3v) is 2.49. The second kappa shape index (κ2) is 8.39. The Bertz CT molecular complexity index is 294. The molecule has 1 aromatic rings. The molecule has 1 atom stereocenters. The van der Waals surface area contributed by atoms with Crippen molar-refractivity contribution in [3.05, 3.63) is 29.8 Å². The predicted molar refractivity (Wildman–Crippen MR) is 70.1 cm³/mol. The number of unbranched alkanes of at least 4 members (excludes halogenated alkanes) is 1. The fourth-order valence-electron chi connectivity index (χ4n) is 1.55. The summed E-state index contributed by atoms with van der Waals surface area (Å²) in [6.07, 6.45) is 3.09. The maximum Gasteiger partial charge on any atom is 0.119 e. The number of hydrogen-bond donors (Lipinski definition) is 2. The quantitative estimate of drug-likeness (QED) is 0.755. The van der Waals surface area contributed by atoms with E-state index in [2.05, 4.69) is 0 Å². The van der Waals surface area contributed by atoms with Gasteiger partial charge < -0.3 is 16.2 Å². The Kier molecular flexibility index (Phi) is 7.99. The van der Waals surface area contributed by atoms with Gasteiger partial charge in [-0.25, -0.2) is 0 Å². The number of methoxy groups -OCH3 is 1. The fourth-order valence-corrected chi connectivity index (χ4v) is 1.55. The molecule has 0 heterocycles. The van der Waals surface area contributed by atoms with E-state index in [1.54, 1.807) is 7.11 Å². The van der Waals surface area contributed by atoms with Crippen LogP contribution in [0.1, 0.15) is 30.9 Å². The van der Waals surface area contributed by atoms with Crippen molar-refractivity contribution in [1.29, 1.82) is 0 Å². The first kappa shape index (κ1) is 15.2. The molecule has 3 nitrogen and oxygen atoms in total. The van der Waals surface area contributed by atoms with Gasteiger partial charge in [0.05, 0.1) is 7.11 Å². The van der Waals surface area contributed by atoms with Crippen molar-refractivity contribution in [2.24, 2.45) is 11.5 Å². The molecule has 0 radical (unpaired) electrons. The predicted octanol–water partition coefficient (Wildman–Crippen LogP) is 2.25. The highest BCUT2D eigenvalue weighted by Gasteiger charge is 2.05. The lowest BCUT2D eigenvalue weighted by atomic mass is 10.0. The minimum atomic E-state index is 0. The molecular weight excluding hydrogens is 224 g/mol. The molecule has 0 spiro atoms. The summed E-state index contributed by atoms with van der Waals surface area (Å²) in [5, 5.41) is 0. The third kappa shape index (κ3) is 4.84. The van der Waals surface area contributed by atoms with Crippen molar-refractivity contribution < 1.29 is 4.74 Å². The Hall–Kier alpha value is -0.770. The monoisotopic (exact) mass is 244 g/mol. The summed E-state index contributed by atoms with van der Waals surface area (Å²) in [5.74, 6) is 0.863. The smallest absolute Gasteiger partial charge is 0.119 e. The molecule has 0 fully saturated rings. The topological polar surface area (TPSA) is 61.3 Å². The number of ether oxygens (including phenoxy) is 1. The molecule has 16 heavy (non-hydrogen) atoms. The van der Waals surface area contributed by atoms with Crippen molar-refractivity contribution in [3.63, 3.8) is 0 Å². The lowest BCUT2D eigenvalue weighted by molar-refractivity contribution is 0.413. The third-order valence-electron chi connectivity index (χ3n) is 2.49. The van der Waals surface area contributed by atoms with Gasteiger partial charge in [-0.05, 0) is 37.1 Å². The second-order valence-corrected chi connectivity index (χ2v) is 3.67. The van der Waals surface area contributed by atoms with E-state index in [0.717, 1.165) is 37.1 Å². The lowest BCUT2D eigenvalue weighted by Crippen LogP contribution is -2.11. The van der Waals surface area contributed by atoms with Crippen LogP contribution in [0.3, 0.4) is 0 Å². The Morgan fingerprint density at radius 1 is 1.31 bits per heavy atom. The van der Waals surface area contributed by atoms with Gasteiger partial charge in [-0.15, -0.1) is 12.4 Å². The largest absolute Gasteiger partial charge is 0.497 e. The first-order valence-corrected chi connectivity index (χ1v) is 5.37. The van der Waals surface area contributed by atoms with Gasteiger partial charge >= 0.3 is 0 Å². The molecule has 92 valence electrons. The first-order valence-electron chi connectivity index (χ1n) is 5.37. The highest BCUT2D eigenvalue weighted by atomic mass is 35.5. The van der Waals surface area contributed by atoms with Crippen LogP contribution in [-0.4, -0.2) is 13.7 Å². The van der Waals surface area contributed by atoms with Crippen LogP contribution >= 0.6 is 12.4 Å². The molecule has 0 amide bonds. The Labute approximate surface area is 104 Å². The summed E-state index contributed by atoms with van der Waals surface area (Å²) in [7, 11) is 1.67. The average molecular weight is 245 g/mol. The molecule has 0 saturated heterocycles. The molecule has 0 bridgehead atoms. The molecule has 4 N–H and O–H groups in total. The van der Waals surface area contributed by atoms with Crippen LogP contribution in [0.4, 0.5) is 0 Å². The van der Waals surface area contributed by atoms with Gasteiger partial charge in [0, 0.05) is 6.04 Å². The normalized spacial score (nSPS) is 11.7. The maximum absolute atomic E-state index is 6.06. The molecule has 0 aliphatic heterocycles. The summed E-state index contributed by atoms with van der Waals surface area (Å²) >= 11 is 0. The van der Waals surface area contributed by atoms with Gasteiger partial charge in [-0.1, -0.05) is 18.6 Å². The Morgan fingerprint density at radius 3 is 2.69 bits per heavy atom. The Morgan fingerprint density at radius 2 is 2.06 bits per heavy atom. The highest BCUT2D eigenvalue weighted by molar-refractivity contribution is 5.85. The molecule has 1 rings (SSSR count). The van der Waals surface area contributed by atoms with Crippen molar-refractivity contribution >= 4 is 12.4 Å². The zero-order valence-electron chi connectivity index (χ0n) is 9.69. The molecule has 0 aliphatic rings. The van der Waals surface area contributed by atoms with Gasteiger partial charge in [0.15, 0.2) is 0 Å². The molecule has 0 saturated carbocycles. The first-order chi connectivity index (χ1) is 7.27. The van der Waals surface area contributed by atoms with Crippen molar-refractivity contribution in [2.75, 3.05) is 13.7 Å². The van der Waals surface area contributed by atoms with E-state index < -0.39 is 0 Å². The number of nitrogens with two attached hydrogens (primary N) is 2. The van der Waals surface area contributed by atoms with E-state index in [1.165, 1.54) is 0 Å². The van der Waals surface area contributed by atoms with E-state index in [4.69, 9.17) is 16.2 Å². The maximum atomic E-state index is 6.06. The summed E-state index contributed by atoms with van der Waals surface area (Å²) in [6, 6.07) is 8.02. The van der Waals surface area contributed by atoms with Crippen molar-refractivity contribution in [1.82, 2.24) is 0 Å². The summed E-state index contributed by atoms with van der Waals surface area (Å²) in [4.78, 5) is 0. The van der Waals surface area contributed by atoms with Gasteiger partial charge in [0.25, 0.3) is 0 Å². The zero-order chi connectivity index (χ0) is 11.1. The lowest BCUT2D eigenvalue weighted by Gasteiger charge is -2.12. The van der Waals surface area contributed by atoms with Crippen LogP contribution in [0, 0.1) is 0 Å². The molecule has 4 heteroatoms. The highest BCUT2D eigenvalue weighted by Crippen LogP contribution is 2.20. The van der Waals surface area contributed by atoms with Crippen LogP contribution in [0.2, 0.25) is 0 Å². The molecule has 0 aromatic heterocycles. The van der Waals surface area contributed by atoms with Gasteiger partial charge in [-0.2, -0.15) is 0 Å². The van der Waals surface area contributed by atoms with Crippen molar-refractivity contribution in [3.8, 4) is 5.75 Å². The number of hydrogen-bond acceptors (Lipinski definition) is 3. The number of halogens is 1. The van der Waals surface area contributed by atoms with Crippen molar-refractivity contribution in [2.45, 2.75) is 25.3 Å². The molecule has 1 aromatic carbocycles. The molecule has 0 aliphatic carbocycles. The average Bonchev–Trinajstić information content (AvgIpc) is 2.29. The summed E-state index contributed by atoms with van der Waals surface area (Å²) in [6.45, 7) is 0.741. The van der Waals surface area contributed by atoms with Crippen LogP contribution in [-0.2, 0) is 0 Å². The molecule has 0 unspecified atom stereocenters. The van der Waals surface area contributed by atoms with E-state index in [-0.39, 0.29) is 18.4 Å². The van der Waals surface area contributed by atoms with E-state index in [9.17, 15) is 0 Å². The number of benzene rings is 1. The zero-order valence-corrected chi connectivity index (χ0v) is 10.5. The minimum absolute atomic E-state index is 0. The van der Waals surface area contributed by atoms with Crippen LogP contribution < -0.4 is 16.2 Å². The van der Waals surface area contributed by atoms with Crippen LogP contribution in [0.25, 0.3) is 0 Å². The summed E-state index contributed by atoms with van der Waals surface area (Å²) < 4.78 is 5.16. The van der Waals surface area contributed by atoms with Gasteiger partial charge in [0.1, 0.15) is 5.75 Å². The Balaban J connectivity index is 0.00000225. The van der Waals surface area contributed by atoms with Crippen LogP contribution in [0.5, 0.6) is 5.75 Å².